The monoisotopic (exact) mass is 280 g/mol. The molecule has 0 saturated heterocycles. The Morgan fingerprint density at radius 1 is 1.05 bits per heavy atom. The Balaban J connectivity index is 2.38. The van der Waals surface area contributed by atoms with Gasteiger partial charge in [0.25, 0.3) is 0 Å². The number of hydrogen-bond acceptors (Lipinski definition) is 4. The molecule has 0 spiro atoms. The van der Waals surface area contributed by atoms with Gasteiger partial charge in [-0.15, -0.1) is 0 Å². The molecular formula is C16H28N2O2. The van der Waals surface area contributed by atoms with Crippen LogP contribution in [0.5, 0.6) is 11.5 Å². The Morgan fingerprint density at radius 3 is 2.35 bits per heavy atom. The first kappa shape index (κ1) is 16.6. The standard InChI is InChI=1S/C16H28N2O2/c1-4-9-18(10-5-2)11-6-12-20-16-13-14(17)7-8-15(16)19-3/h7-8,13H,4-6,9-12,17H2,1-3H3. The number of methoxy groups -OCH3 is 1. The van der Waals surface area contributed by atoms with E-state index in [0.29, 0.717) is 12.3 Å². The highest BCUT2D eigenvalue weighted by molar-refractivity contribution is 5.51. The van der Waals surface area contributed by atoms with Crippen LogP contribution in [0.4, 0.5) is 5.69 Å². The van der Waals surface area contributed by atoms with Crippen LogP contribution in [-0.4, -0.2) is 38.3 Å². The molecule has 1 aromatic rings. The third-order valence-corrected chi connectivity index (χ3v) is 3.14. The number of hydrogen-bond donors (Lipinski definition) is 1. The van der Waals surface area contributed by atoms with Crippen LogP contribution in [0.25, 0.3) is 0 Å². The zero-order valence-corrected chi connectivity index (χ0v) is 13.0. The number of anilines is 1. The summed E-state index contributed by atoms with van der Waals surface area (Å²) in [5.74, 6) is 1.46. The second-order valence-electron chi connectivity index (χ2n) is 4.95. The molecule has 20 heavy (non-hydrogen) atoms. The van der Waals surface area contributed by atoms with Gasteiger partial charge in [-0.1, -0.05) is 13.8 Å². The zero-order chi connectivity index (χ0) is 14.8. The van der Waals surface area contributed by atoms with E-state index in [1.54, 1.807) is 7.11 Å². The van der Waals surface area contributed by atoms with E-state index in [9.17, 15) is 0 Å². The third kappa shape index (κ3) is 5.70. The van der Waals surface area contributed by atoms with Gasteiger partial charge in [-0.3, -0.25) is 0 Å². The third-order valence-electron chi connectivity index (χ3n) is 3.14. The lowest BCUT2D eigenvalue weighted by atomic mass is 10.3. The van der Waals surface area contributed by atoms with E-state index in [2.05, 4.69) is 18.7 Å². The van der Waals surface area contributed by atoms with Gasteiger partial charge in [0.05, 0.1) is 13.7 Å². The van der Waals surface area contributed by atoms with Crippen LogP contribution < -0.4 is 15.2 Å². The molecule has 0 aliphatic rings. The molecule has 0 aliphatic carbocycles. The molecule has 4 heteroatoms. The molecule has 0 unspecified atom stereocenters. The first-order valence-electron chi connectivity index (χ1n) is 7.49. The van der Waals surface area contributed by atoms with Gasteiger partial charge in [0.2, 0.25) is 0 Å². The highest BCUT2D eigenvalue weighted by Crippen LogP contribution is 2.28. The average Bonchev–Trinajstić information content (AvgIpc) is 2.44. The number of nitrogens with zero attached hydrogens (tertiary/aromatic N) is 1. The fourth-order valence-electron chi connectivity index (χ4n) is 2.24. The highest BCUT2D eigenvalue weighted by Gasteiger charge is 2.06. The van der Waals surface area contributed by atoms with E-state index in [1.165, 1.54) is 12.8 Å². The molecule has 1 rings (SSSR count). The maximum Gasteiger partial charge on any atom is 0.163 e. The van der Waals surface area contributed by atoms with Crippen LogP contribution in [-0.2, 0) is 0 Å². The number of benzene rings is 1. The summed E-state index contributed by atoms with van der Waals surface area (Å²) in [6, 6.07) is 5.47. The number of ether oxygens (including phenoxy) is 2. The molecule has 0 radical (unpaired) electrons. The van der Waals surface area contributed by atoms with Gasteiger partial charge in [-0.05, 0) is 44.5 Å². The van der Waals surface area contributed by atoms with E-state index < -0.39 is 0 Å². The second-order valence-corrected chi connectivity index (χ2v) is 4.95. The molecule has 0 aromatic heterocycles. The fourth-order valence-corrected chi connectivity index (χ4v) is 2.24. The minimum atomic E-state index is 0.684. The van der Waals surface area contributed by atoms with Gasteiger partial charge in [0.15, 0.2) is 11.5 Å². The Bertz CT molecular complexity index is 377. The van der Waals surface area contributed by atoms with Crippen LogP contribution in [0, 0.1) is 0 Å². The van der Waals surface area contributed by atoms with Gasteiger partial charge >= 0.3 is 0 Å². The van der Waals surface area contributed by atoms with Crippen molar-refractivity contribution in [1.29, 1.82) is 0 Å². The lowest BCUT2D eigenvalue weighted by Crippen LogP contribution is -2.27. The van der Waals surface area contributed by atoms with Crippen molar-refractivity contribution in [2.24, 2.45) is 0 Å². The lowest BCUT2D eigenvalue weighted by molar-refractivity contribution is 0.230. The molecule has 0 amide bonds. The van der Waals surface area contributed by atoms with E-state index in [-0.39, 0.29) is 0 Å². The Hall–Kier alpha value is -1.42. The van der Waals surface area contributed by atoms with Crippen molar-refractivity contribution in [1.82, 2.24) is 4.90 Å². The molecule has 2 N–H and O–H groups in total. The molecule has 0 atom stereocenters. The van der Waals surface area contributed by atoms with Crippen molar-refractivity contribution in [3.8, 4) is 11.5 Å². The SMILES string of the molecule is CCCN(CCC)CCCOc1cc(N)ccc1OC. The van der Waals surface area contributed by atoms with E-state index >= 15 is 0 Å². The lowest BCUT2D eigenvalue weighted by Gasteiger charge is -2.21. The summed E-state index contributed by atoms with van der Waals surface area (Å²) in [7, 11) is 1.64. The smallest absolute Gasteiger partial charge is 0.163 e. The van der Waals surface area contributed by atoms with E-state index in [1.807, 2.05) is 18.2 Å². The van der Waals surface area contributed by atoms with Gasteiger partial charge in [-0.25, -0.2) is 0 Å². The summed E-state index contributed by atoms with van der Waals surface area (Å²) in [5.41, 5.74) is 6.46. The molecule has 0 bridgehead atoms. The van der Waals surface area contributed by atoms with Crippen LogP contribution in [0.15, 0.2) is 18.2 Å². The summed E-state index contributed by atoms with van der Waals surface area (Å²) in [4.78, 5) is 2.49. The minimum absolute atomic E-state index is 0.684. The van der Waals surface area contributed by atoms with Crippen molar-refractivity contribution in [3.63, 3.8) is 0 Å². The average molecular weight is 280 g/mol. The zero-order valence-electron chi connectivity index (χ0n) is 13.0. The van der Waals surface area contributed by atoms with Gasteiger partial charge in [-0.2, -0.15) is 0 Å². The van der Waals surface area contributed by atoms with Crippen LogP contribution in [0.2, 0.25) is 0 Å². The van der Waals surface area contributed by atoms with E-state index in [4.69, 9.17) is 15.2 Å². The maximum absolute atomic E-state index is 5.78. The Morgan fingerprint density at radius 2 is 1.75 bits per heavy atom. The summed E-state index contributed by atoms with van der Waals surface area (Å²) in [5, 5.41) is 0. The first-order valence-corrected chi connectivity index (χ1v) is 7.49. The molecule has 0 saturated carbocycles. The van der Waals surface area contributed by atoms with Gasteiger partial charge < -0.3 is 20.1 Å². The van der Waals surface area contributed by atoms with Gasteiger partial charge in [0.1, 0.15) is 0 Å². The second kappa shape index (κ2) is 9.48. The highest BCUT2D eigenvalue weighted by atomic mass is 16.5. The van der Waals surface area contributed by atoms with Crippen LogP contribution in [0.1, 0.15) is 33.1 Å². The largest absolute Gasteiger partial charge is 0.493 e. The fraction of sp³-hybridized carbons (Fsp3) is 0.625. The Labute approximate surface area is 122 Å². The number of nitrogens with two attached hydrogens (primary N) is 1. The van der Waals surface area contributed by atoms with Crippen molar-refractivity contribution in [2.45, 2.75) is 33.1 Å². The van der Waals surface area contributed by atoms with Crippen molar-refractivity contribution in [3.05, 3.63) is 18.2 Å². The quantitative estimate of drug-likeness (QED) is 0.528. The number of nitrogen functional groups attached to an aromatic ring is 1. The predicted molar refractivity (Wildman–Crippen MR) is 84.5 cm³/mol. The summed E-state index contributed by atoms with van der Waals surface area (Å²) >= 11 is 0. The predicted octanol–water partition coefficient (Wildman–Crippen LogP) is 3.17. The van der Waals surface area contributed by atoms with Crippen molar-refractivity contribution < 1.29 is 9.47 Å². The Kier molecular flexibility index (Phi) is 7.88. The van der Waals surface area contributed by atoms with E-state index in [0.717, 1.165) is 37.6 Å². The molecule has 4 nitrogen and oxygen atoms in total. The van der Waals surface area contributed by atoms with Crippen LogP contribution in [0.3, 0.4) is 0 Å². The first-order chi connectivity index (χ1) is 9.71. The summed E-state index contributed by atoms with van der Waals surface area (Å²) in [6.45, 7) is 8.52. The maximum atomic E-state index is 5.78. The number of rotatable bonds is 10. The van der Waals surface area contributed by atoms with Crippen molar-refractivity contribution >= 4 is 5.69 Å². The van der Waals surface area contributed by atoms with Crippen molar-refractivity contribution in [2.75, 3.05) is 39.1 Å². The molecule has 0 aliphatic heterocycles. The van der Waals surface area contributed by atoms with Gasteiger partial charge in [0, 0.05) is 18.3 Å². The molecule has 114 valence electrons. The minimum Gasteiger partial charge on any atom is -0.493 e. The molecular weight excluding hydrogens is 252 g/mol. The molecule has 1 aromatic carbocycles. The normalized spacial score (nSPS) is 10.8. The summed E-state index contributed by atoms with van der Waals surface area (Å²) < 4.78 is 11.0. The molecule has 0 heterocycles. The summed E-state index contributed by atoms with van der Waals surface area (Å²) in [6.07, 6.45) is 3.41. The topological polar surface area (TPSA) is 47.7 Å². The van der Waals surface area contributed by atoms with Crippen LogP contribution >= 0.6 is 0 Å². The molecule has 0 fully saturated rings.